The lowest BCUT2D eigenvalue weighted by atomic mass is 10.1. The van der Waals surface area contributed by atoms with Crippen molar-refractivity contribution in [1.29, 1.82) is 0 Å². The van der Waals surface area contributed by atoms with E-state index in [4.69, 9.17) is 9.47 Å². The Balaban J connectivity index is 2.37. The molecule has 0 aliphatic carbocycles. The van der Waals surface area contributed by atoms with Gasteiger partial charge >= 0.3 is 0 Å². The molecule has 2 rings (SSSR count). The second-order valence-electron chi connectivity index (χ2n) is 4.94. The molecule has 2 aromatic carbocycles. The topological polar surface area (TPSA) is 30.8 Å². The smallest absolute Gasteiger partial charge is 0.174 e. The van der Waals surface area contributed by atoms with Gasteiger partial charge in [0.1, 0.15) is 0 Å². The summed E-state index contributed by atoms with van der Waals surface area (Å²) in [5.41, 5.74) is 4.36. The van der Waals surface area contributed by atoms with Crippen LogP contribution >= 0.6 is 15.9 Å². The van der Waals surface area contributed by atoms with Gasteiger partial charge in [0.15, 0.2) is 11.5 Å². The summed E-state index contributed by atoms with van der Waals surface area (Å²) < 4.78 is 11.8. The average molecular weight is 362 g/mol. The molecule has 0 spiro atoms. The van der Waals surface area contributed by atoms with E-state index in [1.54, 1.807) is 7.11 Å². The summed E-state index contributed by atoms with van der Waals surface area (Å²) in [4.78, 5) is 4.59. The van der Waals surface area contributed by atoms with Gasteiger partial charge in [-0.2, -0.15) is 0 Å². The molecule has 2 aromatic rings. The van der Waals surface area contributed by atoms with Crippen LogP contribution in [0.25, 0.3) is 0 Å². The Kier molecular flexibility index (Phi) is 5.61. The standard InChI is InChI=1S/C18H20BrNO2/c1-5-22-17-10-14(9-15(19)18(17)21-4)11-20-16-8-6-7-12(2)13(16)3/h6-11H,5H2,1-4H3. The fourth-order valence-electron chi connectivity index (χ4n) is 2.14. The third kappa shape index (κ3) is 3.69. The molecule has 0 heterocycles. The molecule has 22 heavy (non-hydrogen) atoms. The molecule has 0 unspecified atom stereocenters. The van der Waals surface area contributed by atoms with Crippen LogP contribution < -0.4 is 9.47 Å². The summed E-state index contributed by atoms with van der Waals surface area (Å²) in [7, 11) is 1.63. The highest BCUT2D eigenvalue weighted by Gasteiger charge is 2.10. The van der Waals surface area contributed by atoms with Crippen LogP contribution in [0.15, 0.2) is 39.8 Å². The Morgan fingerprint density at radius 2 is 2.00 bits per heavy atom. The van der Waals surface area contributed by atoms with Gasteiger partial charge in [0.2, 0.25) is 0 Å². The average Bonchev–Trinajstić information content (AvgIpc) is 2.49. The quantitative estimate of drug-likeness (QED) is 0.683. The third-order valence-corrected chi connectivity index (χ3v) is 4.05. The molecule has 0 saturated heterocycles. The molecule has 4 heteroatoms. The van der Waals surface area contributed by atoms with E-state index < -0.39 is 0 Å². The zero-order valence-corrected chi connectivity index (χ0v) is 14.9. The van der Waals surface area contributed by atoms with E-state index in [1.165, 1.54) is 11.1 Å². The first-order valence-corrected chi connectivity index (χ1v) is 7.96. The van der Waals surface area contributed by atoms with Crippen molar-refractivity contribution in [1.82, 2.24) is 0 Å². The molecule has 0 aromatic heterocycles. The molecule has 0 atom stereocenters. The Morgan fingerprint density at radius 1 is 1.23 bits per heavy atom. The van der Waals surface area contributed by atoms with Crippen molar-refractivity contribution in [2.75, 3.05) is 13.7 Å². The van der Waals surface area contributed by atoms with E-state index in [1.807, 2.05) is 37.4 Å². The van der Waals surface area contributed by atoms with Gasteiger partial charge in [-0.05, 0) is 71.6 Å². The first-order chi connectivity index (χ1) is 10.6. The number of aryl methyl sites for hydroxylation is 1. The Bertz CT molecular complexity index is 696. The van der Waals surface area contributed by atoms with Crippen LogP contribution in [0.4, 0.5) is 5.69 Å². The highest BCUT2D eigenvalue weighted by Crippen LogP contribution is 2.36. The lowest BCUT2D eigenvalue weighted by Crippen LogP contribution is -1.97. The first kappa shape index (κ1) is 16.6. The molecule has 0 amide bonds. The van der Waals surface area contributed by atoms with E-state index in [0.717, 1.165) is 15.7 Å². The van der Waals surface area contributed by atoms with Crippen LogP contribution in [0.2, 0.25) is 0 Å². The second-order valence-corrected chi connectivity index (χ2v) is 5.80. The number of ether oxygens (including phenoxy) is 2. The largest absolute Gasteiger partial charge is 0.492 e. The minimum atomic E-state index is 0.584. The maximum absolute atomic E-state index is 5.63. The number of halogens is 1. The Morgan fingerprint density at radius 3 is 2.68 bits per heavy atom. The molecule has 0 radical (unpaired) electrons. The number of hydrogen-bond acceptors (Lipinski definition) is 3. The van der Waals surface area contributed by atoms with Crippen molar-refractivity contribution in [2.24, 2.45) is 4.99 Å². The summed E-state index contributed by atoms with van der Waals surface area (Å²) in [5.74, 6) is 1.41. The van der Waals surface area contributed by atoms with Gasteiger partial charge in [-0.3, -0.25) is 4.99 Å². The summed E-state index contributed by atoms with van der Waals surface area (Å²) in [6.45, 7) is 6.70. The highest BCUT2D eigenvalue weighted by atomic mass is 79.9. The van der Waals surface area contributed by atoms with E-state index in [-0.39, 0.29) is 0 Å². The van der Waals surface area contributed by atoms with Gasteiger partial charge in [-0.1, -0.05) is 12.1 Å². The monoisotopic (exact) mass is 361 g/mol. The molecule has 0 N–H and O–H groups in total. The van der Waals surface area contributed by atoms with Crippen molar-refractivity contribution < 1.29 is 9.47 Å². The molecule has 0 fully saturated rings. The van der Waals surface area contributed by atoms with E-state index >= 15 is 0 Å². The zero-order valence-electron chi connectivity index (χ0n) is 13.3. The van der Waals surface area contributed by atoms with Crippen molar-refractivity contribution >= 4 is 27.8 Å². The predicted molar refractivity (Wildman–Crippen MR) is 95.0 cm³/mol. The van der Waals surface area contributed by atoms with Gasteiger partial charge < -0.3 is 9.47 Å². The van der Waals surface area contributed by atoms with Crippen LogP contribution in [-0.2, 0) is 0 Å². The van der Waals surface area contributed by atoms with Gasteiger partial charge in [0.25, 0.3) is 0 Å². The maximum atomic E-state index is 5.63. The molecule has 0 aliphatic heterocycles. The van der Waals surface area contributed by atoms with Gasteiger partial charge in [0.05, 0.1) is 23.9 Å². The number of rotatable bonds is 5. The SMILES string of the molecule is CCOc1cc(C=Nc2cccc(C)c2C)cc(Br)c1OC. The summed E-state index contributed by atoms with van der Waals surface area (Å²) in [5, 5.41) is 0. The van der Waals surface area contributed by atoms with Crippen molar-refractivity contribution in [3.05, 3.63) is 51.5 Å². The predicted octanol–water partition coefficient (Wildman–Crippen LogP) is 5.22. The van der Waals surface area contributed by atoms with Crippen molar-refractivity contribution in [2.45, 2.75) is 20.8 Å². The summed E-state index contributed by atoms with van der Waals surface area (Å²) >= 11 is 3.51. The molecular formula is C18H20BrNO2. The van der Waals surface area contributed by atoms with E-state index in [0.29, 0.717) is 18.1 Å². The minimum Gasteiger partial charge on any atom is -0.492 e. The fourth-order valence-corrected chi connectivity index (χ4v) is 2.76. The Labute approximate surface area is 140 Å². The maximum Gasteiger partial charge on any atom is 0.174 e. The highest BCUT2D eigenvalue weighted by molar-refractivity contribution is 9.10. The van der Waals surface area contributed by atoms with E-state index in [2.05, 4.69) is 40.8 Å². The number of methoxy groups -OCH3 is 1. The fraction of sp³-hybridized carbons (Fsp3) is 0.278. The number of hydrogen-bond donors (Lipinski definition) is 0. The molecule has 116 valence electrons. The number of nitrogens with zero attached hydrogens (tertiary/aromatic N) is 1. The van der Waals surface area contributed by atoms with Gasteiger partial charge in [0, 0.05) is 6.21 Å². The van der Waals surface area contributed by atoms with Gasteiger partial charge in [-0.15, -0.1) is 0 Å². The first-order valence-electron chi connectivity index (χ1n) is 7.17. The van der Waals surface area contributed by atoms with Crippen LogP contribution in [0.3, 0.4) is 0 Å². The van der Waals surface area contributed by atoms with E-state index in [9.17, 15) is 0 Å². The molecule has 0 aliphatic rings. The lowest BCUT2D eigenvalue weighted by molar-refractivity contribution is 0.310. The summed E-state index contributed by atoms with van der Waals surface area (Å²) in [6, 6.07) is 10.0. The molecular weight excluding hydrogens is 342 g/mol. The van der Waals surface area contributed by atoms with Crippen LogP contribution in [0.1, 0.15) is 23.6 Å². The van der Waals surface area contributed by atoms with Crippen molar-refractivity contribution in [3.8, 4) is 11.5 Å². The second kappa shape index (κ2) is 7.45. The lowest BCUT2D eigenvalue weighted by Gasteiger charge is -2.12. The number of aliphatic imine (C=N–C) groups is 1. The molecule has 0 bridgehead atoms. The molecule has 0 saturated carbocycles. The van der Waals surface area contributed by atoms with Crippen molar-refractivity contribution in [3.63, 3.8) is 0 Å². The van der Waals surface area contributed by atoms with Crippen LogP contribution in [0, 0.1) is 13.8 Å². The van der Waals surface area contributed by atoms with Crippen LogP contribution in [0.5, 0.6) is 11.5 Å². The summed E-state index contributed by atoms with van der Waals surface area (Å²) in [6.07, 6.45) is 1.84. The van der Waals surface area contributed by atoms with Gasteiger partial charge in [-0.25, -0.2) is 0 Å². The zero-order chi connectivity index (χ0) is 16.1. The Hall–Kier alpha value is -1.81. The molecule has 3 nitrogen and oxygen atoms in total. The third-order valence-electron chi connectivity index (χ3n) is 3.46. The minimum absolute atomic E-state index is 0.584. The van der Waals surface area contributed by atoms with Crippen LogP contribution in [-0.4, -0.2) is 19.9 Å². The number of benzene rings is 2. The normalized spacial score (nSPS) is 11.0.